The van der Waals surface area contributed by atoms with Crippen LogP contribution < -0.4 is 4.74 Å². The van der Waals surface area contributed by atoms with Gasteiger partial charge in [-0.1, -0.05) is 31.6 Å². The minimum Gasteiger partial charge on any atom is -0.508 e. The molecule has 0 bridgehead atoms. The third-order valence-electron chi connectivity index (χ3n) is 8.30. The van der Waals surface area contributed by atoms with Gasteiger partial charge >= 0.3 is 0 Å². The SMILES string of the molecule is CCCN1C(=O)C2CC=C3C(CC4C(=O)N(CCC)C(=O)C4C3c3c(O)cccc3OC)C2C1=O. The number of phenolic OH excluding ortho intramolecular Hbond substituents is 1. The van der Waals surface area contributed by atoms with Crippen molar-refractivity contribution in [3.8, 4) is 11.5 Å². The van der Waals surface area contributed by atoms with Crippen LogP contribution in [0.3, 0.4) is 0 Å². The average Bonchev–Trinajstić information content (AvgIpc) is 3.23. The third-order valence-corrected chi connectivity index (χ3v) is 8.30. The molecule has 0 radical (unpaired) electrons. The van der Waals surface area contributed by atoms with Gasteiger partial charge in [-0.2, -0.15) is 0 Å². The molecule has 8 nitrogen and oxygen atoms in total. The number of likely N-dealkylation sites (tertiary alicyclic amines) is 2. The number of methoxy groups -OCH3 is 1. The Bertz CT molecular complexity index is 1130. The van der Waals surface area contributed by atoms with Crippen molar-refractivity contribution in [2.24, 2.45) is 29.6 Å². The Morgan fingerprint density at radius 1 is 0.886 bits per heavy atom. The third kappa shape index (κ3) is 3.32. The van der Waals surface area contributed by atoms with Gasteiger partial charge < -0.3 is 9.84 Å². The topological polar surface area (TPSA) is 104 Å². The summed E-state index contributed by atoms with van der Waals surface area (Å²) in [5, 5.41) is 11.0. The van der Waals surface area contributed by atoms with Crippen LogP contribution in [-0.2, 0) is 19.2 Å². The minimum atomic E-state index is -0.672. The van der Waals surface area contributed by atoms with Crippen LogP contribution in [0.2, 0.25) is 0 Å². The number of hydrogen-bond donors (Lipinski definition) is 1. The van der Waals surface area contributed by atoms with Gasteiger partial charge in [0.05, 0.1) is 30.8 Å². The molecule has 2 aliphatic heterocycles. The number of hydrogen-bond acceptors (Lipinski definition) is 6. The molecule has 186 valence electrons. The van der Waals surface area contributed by atoms with E-state index in [4.69, 9.17) is 4.74 Å². The van der Waals surface area contributed by atoms with Crippen molar-refractivity contribution in [1.29, 1.82) is 0 Å². The summed E-state index contributed by atoms with van der Waals surface area (Å²) in [5.41, 5.74) is 1.34. The summed E-state index contributed by atoms with van der Waals surface area (Å²) in [6.07, 6.45) is 4.08. The van der Waals surface area contributed by atoms with Gasteiger partial charge in [0, 0.05) is 24.6 Å². The number of nitrogens with zero attached hydrogens (tertiary/aromatic N) is 2. The molecule has 8 heteroatoms. The quantitative estimate of drug-likeness (QED) is 0.496. The molecule has 6 unspecified atom stereocenters. The van der Waals surface area contributed by atoms with E-state index in [1.165, 1.54) is 16.9 Å². The van der Waals surface area contributed by atoms with Crippen molar-refractivity contribution in [3.05, 3.63) is 35.4 Å². The lowest BCUT2D eigenvalue weighted by atomic mass is 9.57. The van der Waals surface area contributed by atoms with Crippen molar-refractivity contribution in [2.75, 3.05) is 20.2 Å². The summed E-state index contributed by atoms with van der Waals surface area (Å²) in [5.74, 6) is -3.55. The van der Waals surface area contributed by atoms with Crippen LogP contribution in [0.15, 0.2) is 29.8 Å². The number of carbonyl (C=O) groups excluding carboxylic acids is 4. The monoisotopic (exact) mass is 480 g/mol. The van der Waals surface area contributed by atoms with Crippen LogP contribution in [0.5, 0.6) is 11.5 Å². The molecule has 6 atom stereocenters. The first-order valence-corrected chi connectivity index (χ1v) is 12.6. The van der Waals surface area contributed by atoms with E-state index in [-0.39, 0.29) is 35.3 Å². The second kappa shape index (κ2) is 8.81. The lowest BCUT2D eigenvalue weighted by Crippen LogP contribution is -2.43. The van der Waals surface area contributed by atoms with Crippen molar-refractivity contribution in [1.82, 2.24) is 9.80 Å². The predicted octanol–water partition coefficient (Wildman–Crippen LogP) is 2.86. The fraction of sp³-hybridized carbons (Fsp3) is 0.556. The first kappa shape index (κ1) is 23.6. The standard InChI is InChI=1S/C27H32N2O6/c1-4-11-28-24(31)15-10-9-14-16(20(15)26(28)33)13-17-22(27(34)29(12-5-2)25(17)32)21(14)23-18(30)7-6-8-19(23)35-3/h6-9,15-17,20-22,30H,4-5,10-13H2,1-3H3. The molecule has 4 amide bonds. The van der Waals surface area contributed by atoms with Gasteiger partial charge in [0.1, 0.15) is 11.5 Å². The Morgan fingerprint density at radius 2 is 1.51 bits per heavy atom. The fourth-order valence-corrected chi connectivity index (χ4v) is 6.95. The van der Waals surface area contributed by atoms with Crippen molar-refractivity contribution in [2.45, 2.75) is 45.4 Å². The average molecular weight is 481 g/mol. The summed E-state index contributed by atoms with van der Waals surface area (Å²) < 4.78 is 5.59. The normalized spacial score (nSPS) is 31.9. The van der Waals surface area contributed by atoms with Gasteiger partial charge in [0.15, 0.2) is 0 Å². The Kier molecular flexibility index (Phi) is 5.93. The van der Waals surface area contributed by atoms with Gasteiger partial charge in [-0.25, -0.2) is 0 Å². The van der Waals surface area contributed by atoms with E-state index in [1.54, 1.807) is 18.2 Å². The van der Waals surface area contributed by atoms with Crippen molar-refractivity contribution in [3.63, 3.8) is 0 Å². The van der Waals surface area contributed by atoms with Crippen LogP contribution in [0, 0.1) is 29.6 Å². The minimum absolute atomic E-state index is 0.00704. The number of phenols is 1. The number of rotatable bonds is 6. The van der Waals surface area contributed by atoms with Crippen molar-refractivity contribution < 1.29 is 29.0 Å². The molecule has 0 aromatic heterocycles. The molecule has 1 aromatic rings. The molecular formula is C27H32N2O6. The second-order valence-corrected chi connectivity index (χ2v) is 10.1. The number of amides is 4. The van der Waals surface area contributed by atoms with E-state index in [1.807, 2.05) is 19.9 Å². The summed E-state index contributed by atoms with van der Waals surface area (Å²) >= 11 is 0. The number of ether oxygens (including phenoxy) is 1. The highest BCUT2D eigenvalue weighted by atomic mass is 16.5. The maximum absolute atomic E-state index is 13.6. The summed E-state index contributed by atoms with van der Waals surface area (Å²) in [7, 11) is 1.51. The molecule has 1 N–H and O–H groups in total. The van der Waals surface area contributed by atoms with Crippen molar-refractivity contribution >= 4 is 23.6 Å². The molecule has 2 heterocycles. The first-order valence-electron chi connectivity index (χ1n) is 12.6. The maximum Gasteiger partial charge on any atom is 0.234 e. The smallest absolute Gasteiger partial charge is 0.234 e. The first-order chi connectivity index (χ1) is 16.8. The summed E-state index contributed by atoms with van der Waals surface area (Å²) in [6.45, 7) is 4.58. The Morgan fingerprint density at radius 3 is 2.14 bits per heavy atom. The van der Waals surface area contributed by atoms with E-state index in [0.717, 1.165) is 5.57 Å². The zero-order valence-electron chi connectivity index (χ0n) is 20.4. The number of fused-ring (bicyclic) bond motifs is 4. The van der Waals surface area contributed by atoms with Crippen LogP contribution in [0.4, 0.5) is 0 Å². The second-order valence-electron chi connectivity index (χ2n) is 10.1. The van der Waals surface area contributed by atoms with E-state index >= 15 is 0 Å². The lowest BCUT2D eigenvalue weighted by Gasteiger charge is -2.44. The highest BCUT2D eigenvalue weighted by molar-refractivity contribution is 6.08. The van der Waals surface area contributed by atoms with Crippen LogP contribution in [-0.4, -0.2) is 58.7 Å². The van der Waals surface area contributed by atoms with Crippen LogP contribution in [0.1, 0.15) is 51.0 Å². The Balaban J connectivity index is 1.66. The highest BCUT2D eigenvalue weighted by Crippen LogP contribution is 2.59. The van der Waals surface area contributed by atoms with Gasteiger partial charge in [-0.05, 0) is 43.7 Å². The zero-order chi connectivity index (χ0) is 25.0. The highest BCUT2D eigenvalue weighted by Gasteiger charge is 2.62. The maximum atomic E-state index is 13.6. The molecule has 2 aliphatic carbocycles. The molecule has 1 aromatic carbocycles. The molecule has 5 rings (SSSR count). The number of carbonyl (C=O) groups is 4. The van der Waals surface area contributed by atoms with Gasteiger partial charge in [0.25, 0.3) is 0 Å². The lowest BCUT2D eigenvalue weighted by molar-refractivity contribution is -0.142. The van der Waals surface area contributed by atoms with Gasteiger partial charge in [0.2, 0.25) is 23.6 Å². The van der Waals surface area contributed by atoms with Gasteiger partial charge in [-0.15, -0.1) is 0 Å². The number of imide groups is 2. The Labute approximate surface area is 204 Å². The van der Waals surface area contributed by atoms with Crippen LogP contribution in [0.25, 0.3) is 0 Å². The Hall–Kier alpha value is -3.16. The zero-order valence-corrected chi connectivity index (χ0v) is 20.4. The fourth-order valence-electron chi connectivity index (χ4n) is 6.95. The molecule has 2 saturated heterocycles. The molecule has 1 saturated carbocycles. The molecule has 0 spiro atoms. The summed E-state index contributed by atoms with van der Waals surface area (Å²) in [6, 6.07) is 4.96. The van der Waals surface area contributed by atoms with E-state index in [9.17, 15) is 24.3 Å². The number of allylic oxidation sites excluding steroid dienone is 2. The van der Waals surface area contributed by atoms with E-state index in [2.05, 4.69) is 0 Å². The van der Waals surface area contributed by atoms with E-state index in [0.29, 0.717) is 50.1 Å². The molecule has 35 heavy (non-hydrogen) atoms. The van der Waals surface area contributed by atoms with Gasteiger partial charge in [-0.3, -0.25) is 29.0 Å². The van der Waals surface area contributed by atoms with E-state index < -0.39 is 29.6 Å². The number of aromatic hydroxyl groups is 1. The molecule has 4 aliphatic rings. The molecular weight excluding hydrogens is 448 g/mol. The van der Waals surface area contributed by atoms with Crippen LogP contribution >= 0.6 is 0 Å². The number of benzene rings is 1. The molecule has 3 fully saturated rings. The largest absolute Gasteiger partial charge is 0.508 e. The predicted molar refractivity (Wildman–Crippen MR) is 126 cm³/mol. The summed E-state index contributed by atoms with van der Waals surface area (Å²) in [4.78, 5) is 56.4.